The number of aromatic nitrogens is 4. The smallest absolute Gasteiger partial charge is 0.325 e. The van der Waals surface area contributed by atoms with Crippen molar-refractivity contribution in [3.8, 4) is 0 Å². The standard InChI is InChI=1S/C29H31N7O7/c37-20(18-10-11-33-29(18,27(38)39)12-16-6-2-1-3-7-16)21-22-23(42-15-41-22)26(43-21)36-14-32-19-24(30-13-31-25(19)36)35-28(40)34-17-8-4-5-9-17/h1-3,6-7,13-14,17-18,21-22,33H,4-5,8-12,15H2,(H,38,39)(H2,30,31,34,35,40). The van der Waals surface area contributed by atoms with Crippen molar-refractivity contribution in [2.75, 3.05) is 18.7 Å². The van der Waals surface area contributed by atoms with Gasteiger partial charge in [-0.3, -0.25) is 14.9 Å². The number of anilines is 1. The number of aliphatic carboxylic acids is 1. The molecule has 0 radical (unpaired) electrons. The van der Waals surface area contributed by atoms with E-state index in [1.807, 2.05) is 30.3 Å². The van der Waals surface area contributed by atoms with Gasteiger partial charge in [-0.25, -0.2) is 24.3 Å². The van der Waals surface area contributed by atoms with Gasteiger partial charge in [-0.1, -0.05) is 43.2 Å². The maximum absolute atomic E-state index is 14.1. The summed E-state index contributed by atoms with van der Waals surface area (Å²) in [5, 5.41) is 19.2. The van der Waals surface area contributed by atoms with E-state index in [1.54, 1.807) is 0 Å². The van der Waals surface area contributed by atoms with Gasteiger partial charge in [0.2, 0.25) is 5.88 Å². The Morgan fingerprint density at radius 2 is 1.91 bits per heavy atom. The van der Waals surface area contributed by atoms with E-state index in [-0.39, 0.29) is 37.0 Å². The number of hydrogen-bond acceptors (Lipinski definition) is 10. The first-order chi connectivity index (χ1) is 20.9. The van der Waals surface area contributed by atoms with Gasteiger partial charge in [0.05, 0.1) is 5.92 Å². The quantitative estimate of drug-likeness (QED) is 0.302. The monoisotopic (exact) mass is 589 g/mol. The highest BCUT2D eigenvalue weighted by atomic mass is 16.7. The number of amides is 2. The second-order valence-electron chi connectivity index (χ2n) is 11.3. The fraction of sp³-hybridized carbons (Fsp3) is 0.448. The molecule has 43 heavy (non-hydrogen) atoms. The number of nitrogens with one attached hydrogen (secondary N) is 3. The lowest BCUT2D eigenvalue weighted by atomic mass is 9.76. The van der Waals surface area contributed by atoms with Gasteiger partial charge in [0, 0.05) is 12.5 Å². The SMILES string of the molecule is O=C(Nc1ncnc2c1ncn2C1=C2OCOC2C(C(=O)C2CCNC2(Cc2ccccc2)C(=O)O)O1)NC1CCCC1. The number of urea groups is 1. The molecule has 1 aromatic carbocycles. The average Bonchev–Trinajstić information content (AvgIpc) is 3.83. The third-order valence-corrected chi connectivity index (χ3v) is 8.72. The Kier molecular flexibility index (Phi) is 6.94. The maximum atomic E-state index is 14.1. The Morgan fingerprint density at radius 1 is 1.09 bits per heavy atom. The second kappa shape index (κ2) is 10.9. The van der Waals surface area contributed by atoms with Crippen molar-refractivity contribution in [3.05, 3.63) is 54.3 Å². The molecule has 14 heteroatoms. The Hall–Kier alpha value is -4.56. The third-order valence-electron chi connectivity index (χ3n) is 8.72. The number of ketones is 1. The maximum Gasteiger partial charge on any atom is 0.325 e. The van der Waals surface area contributed by atoms with Crippen molar-refractivity contribution >= 4 is 40.6 Å². The molecule has 4 atom stereocenters. The molecule has 0 bridgehead atoms. The summed E-state index contributed by atoms with van der Waals surface area (Å²) in [6, 6.07) is 8.98. The summed E-state index contributed by atoms with van der Waals surface area (Å²) in [5.74, 6) is -1.69. The molecule has 7 rings (SSSR count). The van der Waals surface area contributed by atoms with Crippen LogP contribution in [0.4, 0.5) is 10.6 Å². The number of carbonyl (C=O) groups excluding carboxylic acids is 2. The summed E-state index contributed by atoms with van der Waals surface area (Å²) in [6.45, 7) is 0.272. The van der Waals surface area contributed by atoms with Crippen LogP contribution in [0.5, 0.6) is 0 Å². The number of carbonyl (C=O) groups is 3. The van der Waals surface area contributed by atoms with Crippen LogP contribution >= 0.6 is 0 Å². The van der Waals surface area contributed by atoms with E-state index in [2.05, 4.69) is 30.9 Å². The van der Waals surface area contributed by atoms with Crippen molar-refractivity contribution in [1.29, 1.82) is 0 Å². The van der Waals surface area contributed by atoms with Crippen molar-refractivity contribution in [3.63, 3.8) is 0 Å². The zero-order valence-corrected chi connectivity index (χ0v) is 23.2. The molecule has 4 unspecified atom stereocenters. The first kappa shape index (κ1) is 27.3. The molecular weight excluding hydrogens is 558 g/mol. The molecule has 2 amide bonds. The zero-order valence-electron chi connectivity index (χ0n) is 23.2. The lowest BCUT2D eigenvalue weighted by Gasteiger charge is -2.32. The summed E-state index contributed by atoms with van der Waals surface area (Å²) >= 11 is 0. The summed E-state index contributed by atoms with van der Waals surface area (Å²) in [6.07, 6.45) is 5.26. The molecule has 3 fully saturated rings. The Bertz CT molecular complexity index is 1600. The van der Waals surface area contributed by atoms with Gasteiger partial charge >= 0.3 is 12.0 Å². The molecule has 3 aromatic rings. The number of Topliss-reactive ketones (excluding diaryl/α,β-unsaturated/α-hetero) is 1. The Balaban J connectivity index is 1.15. The van der Waals surface area contributed by atoms with E-state index in [9.17, 15) is 19.5 Å². The minimum Gasteiger partial charge on any atom is -0.480 e. The molecule has 2 aromatic heterocycles. The van der Waals surface area contributed by atoms with Gasteiger partial charge in [-0.15, -0.1) is 0 Å². The number of rotatable bonds is 8. The van der Waals surface area contributed by atoms with E-state index >= 15 is 0 Å². The largest absolute Gasteiger partial charge is 0.480 e. The molecule has 2 saturated heterocycles. The zero-order chi connectivity index (χ0) is 29.6. The van der Waals surface area contributed by atoms with Crippen molar-refractivity contribution in [1.82, 2.24) is 30.2 Å². The van der Waals surface area contributed by atoms with Crippen LogP contribution in [0.1, 0.15) is 37.7 Å². The van der Waals surface area contributed by atoms with Gasteiger partial charge < -0.3 is 30.0 Å². The molecular formula is C29H31N7O7. The normalized spacial score (nSPS) is 26.7. The van der Waals surface area contributed by atoms with Crippen LogP contribution in [-0.2, 0) is 30.2 Å². The molecule has 4 aliphatic rings. The van der Waals surface area contributed by atoms with Gasteiger partial charge in [-0.2, -0.15) is 0 Å². The van der Waals surface area contributed by atoms with Crippen LogP contribution in [-0.4, -0.2) is 79.5 Å². The number of benzene rings is 1. The van der Waals surface area contributed by atoms with E-state index in [0.717, 1.165) is 31.2 Å². The first-order valence-corrected chi connectivity index (χ1v) is 14.4. The number of imidazole rings is 1. The fourth-order valence-corrected chi connectivity index (χ4v) is 6.63. The van der Waals surface area contributed by atoms with Crippen molar-refractivity contribution in [2.45, 2.75) is 62.3 Å². The van der Waals surface area contributed by atoms with E-state index < -0.39 is 35.4 Å². The summed E-state index contributed by atoms with van der Waals surface area (Å²) in [7, 11) is 0. The number of carboxylic acid groups (broad SMARTS) is 1. The van der Waals surface area contributed by atoms with Crippen LogP contribution < -0.4 is 16.0 Å². The first-order valence-electron chi connectivity index (χ1n) is 14.4. The number of ether oxygens (including phenoxy) is 3. The molecule has 14 nitrogen and oxygen atoms in total. The summed E-state index contributed by atoms with van der Waals surface area (Å²) < 4.78 is 19.2. The summed E-state index contributed by atoms with van der Waals surface area (Å²) in [5.41, 5.74) is -0.0600. The van der Waals surface area contributed by atoms with Crippen LogP contribution in [0.25, 0.3) is 17.0 Å². The fourth-order valence-electron chi connectivity index (χ4n) is 6.63. The van der Waals surface area contributed by atoms with Gasteiger partial charge in [0.15, 0.2) is 47.5 Å². The number of carboxylic acids is 1. The molecule has 4 N–H and O–H groups in total. The Labute approximate surface area is 245 Å². The number of fused-ring (bicyclic) bond motifs is 2. The molecule has 1 saturated carbocycles. The van der Waals surface area contributed by atoms with Gasteiger partial charge in [0.25, 0.3) is 0 Å². The highest BCUT2D eigenvalue weighted by Crippen LogP contribution is 2.41. The number of nitrogens with zero attached hydrogens (tertiary/aromatic N) is 4. The van der Waals surface area contributed by atoms with Crippen LogP contribution in [0.2, 0.25) is 0 Å². The predicted octanol–water partition coefficient (Wildman–Crippen LogP) is 2.03. The molecule has 0 spiro atoms. The van der Waals surface area contributed by atoms with Gasteiger partial charge in [-0.05, 0) is 31.4 Å². The highest BCUT2D eigenvalue weighted by molar-refractivity contribution is 5.98. The van der Waals surface area contributed by atoms with E-state index in [4.69, 9.17) is 14.2 Å². The average molecular weight is 590 g/mol. The van der Waals surface area contributed by atoms with Crippen LogP contribution in [0.15, 0.2) is 48.7 Å². The van der Waals surface area contributed by atoms with E-state index in [1.165, 1.54) is 17.2 Å². The van der Waals surface area contributed by atoms with Crippen LogP contribution in [0, 0.1) is 5.92 Å². The topological polar surface area (TPSA) is 179 Å². The molecule has 3 aliphatic heterocycles. The molecule has 5 heterocycles. The molecule has 224 valence electrons. The van der Waals surface area contributed by atoms with Gasteiger partial charge in [0.1, 0.15) is 18.2 Å². The number of hydrogen-bond donors (Lipinski definition) is 4. The minimum absolute atomic E-state index is 0.0938. The van der Waals surface area contributed by atoms with Crippen molar-refractivity contribution < 1.29 is 33.7 Å². The van der Waals surface area contributed by atoms with Crippen molar-refractivity contribution in [2.24, 2.45) is 5.92 Å². The molecule has 1 aliphatic carbocycles. The third kappa shape index (κ3) is 4.76. The minimum atomic E-state index is -1.50. The lowest BCUT2D eigenvalue weighted by molar-refractivity contribution is -0.152. The van der Waals surface area contributed by atoms with Crippen LogP contribution in [0.3, 0.4) is 0 Å². The highest BCUT2D eigenvalue weighted by Gasteiger charge is 2.58. The van der Waals surface area contributed by atoms with E-state index in [0.29, 0.717) is 29.9 Å². The summed E-state index contributed by atoms with van der Waals surface area (Å²) in [4.78, 5) is 52.4. The lowest BCUT2D eigenvalue weighted by Crippen LogP contribution is -2.58. The predicted molar refractivity (Wildman–Crippen MR) is 150 cm³/mol. The second-order valence-corrected chi connectivity index (χ2v) is 11.3. The Morgan fingerprint density at radius 3 is 2.70 bits per heavy atom.